The van der Waals surface area contributed by atoms with Crippen molar-refractivity contribution in [3.05, 3.63) is 69.2 Å². The molecule has 6 heteroatoms. The smallest absolute Gasteiger partial charge is 0.209 e. The molecule has 25 heavy (non-hydrogen) atoms. The quantitative estimate of drug-likeness (QED) is 0.648. The molecule has 1 aromatic heterocycles. The van der Waals surface area contributed by atoms with Crippen molar-refractivity contribution in [3.63, 3.8) is 0 Å². The van der Waals surface area contributed by atoms with E-state index in [2.05, 4.69) is 67.7 Å². The first-order chi connectivity index (χ1) is 12.0. The number of aryl methyl sites for hydroxylation is 2. The van der Waals surface area contributed by atoms with Gasteiger partial charge in [0, 0.05) is 11.3 Å². The Balaban J connectivity index is 1.68. The molecule has 0 aliphatic rings. The predicted octanol–water partition coefficient (Wildman–Crippen LogP) is 3.71. The third kappa shape index (κ3) is 4.75. The highest BCUT2D eigenvalue weighted by molar-refractivity contribution is 7.73. The van der Waals surface area contributed by atoms with Gasteiger partial charge in [-0.15, -0.1) is 5.10 Å². The highest BCUT2D eigenvalue weighted by Crippen LogP contribution is 2.20. The number of aromatic nitrogens is 2. The lowest BCUT2D eigenvalue weighted by atomic mass is 10.1. The van der Waals surface area contributed by atoms with E-state index in [4.69, 9.17) is 12.2 Å². The first kappa shape index (κ1) is 17.8. The largest absolute Gasteiger partial charge is 0.330 e. The maximum Gasteiger partial charge on any atom is 0.209 e. The lowest BCUT2D eigenvalue weighted by molar-refractivity contribution is -0.917. The first-order valence-electron chi connectivity index (χ1n) is 8.29. The van der Waals surface area contributed by atoms with Gasteiger partial charge in [-0.1, -0.05) is 47.7 Å². The average Bonchev–Trinajstić information content (AvgIpc) is 2.89. The number of anilines is 2. The van der Waals surface area contributed by atoms with Gasteiger partial charge in [0.25, 0.3) is 0 Å². The summed E-state index contributed by atoms with van der Waals surface area (Å²) in [6.45, 7) is 5.93. The topological polar surface area (TPSA) is 34.3 Å². The zero-order valence-corrected chi connectivity index (χ0v) is 16.4. The van der Waals surface area contributed by atoms with Crippen LogP contribution in [-0.2, 0) is 13.2 Å². The minimum absolute atomic E-state index is 0.749. The summed E-state index contributed by atoms with van der Waals surface area (Å²) >= 11 is 7.00. The Morgan fingerprint density at radius 3 is 2.72 bits per heavy atom. The van der Waals surface area contributed by atoms with Gasteiger partial charge in [0.2, 0.25) is 5.13 Å². The van der Waals surface area contributed by atoms with Crippen molar-refractivity contribution < 1.29 is 4.90 Å². The minimum Gasteiger partial charge on any atom is -0.330 e. The monoisotopic (exact) mass is 371 g/mol. The van der Waals surface area contributed by atoms with Gasteiger partial charge < -0.3 is 10.2 Å². The summed E-state index contributed by atoms with van der Waals surface area (Å²) in [7, 11) is 2.17. The van der Waals surface area contributed by atoms with Crippen LogP contribution < -0.4 is 10.2 Å². The van der Waals surface area contributed by atoms with Crippen LogP contribution in [0.4, 0.5) is 10.8 Å². The first-order valence-corrected chi connectivity index (χ1v) is 9.51. The van der Waals surface area contributed by atoms with E-state index in [1.807, 2.05) is 16.8 Å². The summed E-state index contributed by atoms with van der Waals surface area (Å²) in [6, 6.07) is 16.8. The van der Waals surface area contributed by atoms with E-state index in [9.17, 15) is 0 Å². The van der Waals surface area contributed by atoms with Crippen molar-refractivity contribution in [2.24, 2.45) is 0 Å². The van der Waals surface area contributed by atoms with E-state index >= 15 is 0 Å². The standard InChI is InChI=1S/C19H22N4S2/c1-14-7-6-10-17(11-14)20-18-21-23(19(24)25-18)13-22(3)12-16-9-5-4-8-15(16)2/h4-11H,12-13H2,1-3H3,(H,20,21)/p+1. The third-order valence-electron chi connectivity index (χ3n) is 4.05. The maximum absolute atomic E-state index is 5.49. The molecule has 0 aliphatic carbocycles. The third-order valence-corrected chi connectivity index (χ3v) is 5.27. The van der Waals surface area contributed by atoms with Crippen molar-refractivity contribution in [3.8, 4) is 0 Å². The van der Waals surface area contributed by atoms with Crippen LogP contribution in [0, 0.1) is 17.8 Å². The lowest BCUT2D eigenvalue weighted by Gasteiger charge is -2.15. The molecule has 1 unspecified atom stereocenters. The number of quaternary nitrogens is 1. The molecule has 2 N–H and O–H groups in total. The number of benzene rings is 2. The van der Waals surface area contributed by atoms with Crippen LogP contribution in [0.5, 0.6) is 0 Å². The van der Waals surface area contributed by atoms with Crippen LogP contribution in [0.2, 0.25) is 0 Å². The number of hydrogen-bond acceptors (Lipinski definition) is 4. The summed E-state index contributed by atoms with van der Waals surface area (Å²) in [6.07, 6.45) is 0. The molecule has 3 rings (SSSR count). The molecule has 0 fully saturated rings. The lowest BCUT2D eigenvalue weighted by Crippen LogP contribution is -3.07. The summed E-state index contributed by atoms with van der Waals surface area (Å²) in [4.78, 5) is 1.35. The number of nitrogens with one attached hydrogen (secondary N) is 2. The molecule has 2 aromatic carbocycles. The van der Waals surface area contributed by atoms with E-state index in [0.29, 0.717) is 0 Å². The van der Waals surface area contributed by atoms with Crippen molar-refractivity contribution in [2.75, 3.05) is 12.4 Å². The fourth-order valence-corrected chi connectivity index (χ4v) is 3.77. The Morgan fingerprint density at radius 1 is 1.16 bits per heavy atom. The van der Waals surface area contributed by atoms with Crippen LogP contribution in [0.25, 0.3) is 0 Å². The molecule has 0 spiro atoms. The molecule has 0 aliphatic heterocycles. The molecule has 0 amide bonds. The fraction of sp³-hybridized carbons (Fsp3) is 0.263. The van der Waals surface area contributed by atoms with Crippen LogP contribution in [0.3, 0.4) is 0 Å². The number of rotatable bonds is 6. The van der Waals surface area contributed by atoms with Crippen molar-refractivity contribution in [1.82, 2.24) is 9.78 Å². The molecule has 1 heterocycles. The minimum atomic E-state index is 0.749. The van der Waals surface area contributed by atoms with Crippen LogP contribution in [-0.4, -0.2) is 16.8 Å². The molecule has 4 nitrogen and oxygen atoms in total. The molecule has 3 aromatic rings. The summed E-state index contributed by atoms with van der Waals surface area (Å²) in [5.74, 6) is 0. The molecular weight excluding hydrogens is 348 g/mol. The second-order valence-electron chi connectivity index (χ2n) is 6.39. The highest BCUT2D eigenvalue weighted by Gasteiger charge is 2.10. The van der Waals surface area contributed by atoms with E-state index in [0.717, 1.165) is 28.0 Å². The van der Waals surface area contributed by atoms with E-state index in [1.54, 1.807) is 0 Å². The van der Waals surface area contributed by atoms with Crippen LogP contribution >= 0.6 is 23.6 Å². The highest BCUT2D eigenvalue weighted by atomic mass is 32.1. The SMILES string of the molecule is Cc1cccc(Nc2nn(C[NH+](C)Cc3ccccc3C)c(=S)s2)c1. The Bertz CT molecular complexity index is 914. The Labute approximate surface area is 157 Å². The fourth-order valence-electron chi connectivity index (χ4n) is 2.75. The van der Waals surface area contributed by atoms with Gasteiger partial charge in [-0.05, 0) is 49.3 Å². The summed E-state index contributed by atoms with van der Waals surface area (Å²) in [5.41, 5.74) is 4.94. The number of nitrogens with zero attached hydrogens (tertiary/aromatic N) is 2. The zero-order valence-electron chi connectivity index (χ0n) is 14.7. The van der Waals surface area contributed by atoms with E-state index < -0.39 is 0 Å². The average molecular weight is 372 g/mol. The van der Waals surface area contributed by atoms with Crippen molar-refractivity contribution in [1.29, 1.82) is 0 Å². The number of hydrogen-bond donors (Lipinski definition) is 2. The maximum atomic E-state index is 5.49. The van der Waals surface area contributed by atoms with Gasteiger partial charge in [-0.25, -0.2) is 0 Å². The molecule has 130 valence electrons. The Morgan fingerprint density at radius 2 is 1.96 bits per heavy atom. The van der Waals surface area contributed by atoms with Crippen LogP contribution in [0.1, 0.15) is 16.7 Å². The van der Waals surface area contributed by atoms with Crippen molar-refractivity contribution >= 4 is 34.4 Å². The summed E-state index contributed by atoms with van der Waals surface area (Å²) in [5, 5.41) is 8.82. The van der Waals surface area contributed by atoms with Gasteiger partial charge in [0.05, 0.1) is 7.05 Å². The van der Waals surface area contributed by atoms with Gasteiger partial charge in [-0.2, -0.15) is 4.68 Å². The van der Waals surface area contributed by atoms with Gasteiger partial charge in [0.1, 0.15) is 6.54 Å². The van der Waals surface area contributed by atoms with Crippen LogP contribution in [0.15, 0.2) is 48.5 Å². The normalized spacial score (nSPS) is 12.1. The van der Waals surface area contributed by atoms with Gasteiger partial charge in [-0.3, -0.25) is 0 Å². The van der Waals surface area contributed by atoms with Crippen molar-refractivity contribution in [2.45, 2.75) is 27.1 Å². The molecular formula is C19H23N4S2+. The Kier molecular flexibility index (Phi) is 5.63. The second-order valence-corrected chi connectivity index (χ2v) is 8.01. The van der Waals surface area contributed by atoms with E-state index in [1.165, 1.54) is 32.9 Å². The Hall–Kier alpha value is -2.02. The second kappa shape index (κ2) is 7.91. The molecule has 0 saturated heterocycles. The van der Waals surface area contributed by atoms with Gasteiger partial charge >= 0.3 is 0 Å². The molecule has 0 bridgehead atoms. The zero-order chi connectivity index (χ0) is 17.8. The summed E-state index contributed by atoms with van der Waals surface area (Å²) < 4.78 is 2.70. The molecule has 0 saturated carbocycles. The predicted molar refractivity (Wildman–Crippen MR) is 107 cm³/mol. The van der Waals surface area contributed by atoms with Gasteiger partial charge in [0.15, 0.2) is 10.6 Å². The van der Waals surface area contributed by atoms with E-state index in [-0.39, 0.29) is 0 Å². The molecule has 1 atom stereocenters. The molecule has 0 radical (unpaired) electrons.